The Hall–Kier alpha value is -3.11. The molecule has 4 nitrogen and oxygen atoms in total. The number of carbonyl (C=O) groups is 2. The number of hydrogen-bond acceptors (Lipinski definition) is 4. The summed E-state index contributed by atoms with van der Waals surface area (Å²) >= 11 is 6.12. The first-order valence-corrected chi connectivity index (χ1v) is 13.2. The maximum Gasteiger partial charge on any atom is 0.343 e. The fourth-order valence-corrected chi connectivity index (χ4v) is 4.25. The number of unbranched alkanes of at least 4 members (excludes halogenated alkanes) is 3. The molecule has 0 aromatic heterocycles. The summed E-state index contributed by atoms with van der Waals surface area (Å²) in [5.74, 6) is 0.440. The summed E-state index contributed by atoms with van der Waals surface area (Å²) < 4.78 is 10.9. The van der Waals surface area contributed by atoms with Crippen molar-refractivity contribution in [3.05, 3.63) is 83.9 Å². The molecular formula is C31H35ClO4. The number of carbonyl (C=O) groups excluding carboxylic acids is 2. The molecule has 0 fully saturated rings. The molecule has 36 heavy (non-hydrogen) atoms. The fraction of sp³-hybridized carbons (Fsp3) is 0.355. The van der Waals surface area contributed by atoms with E-state index in [9.17, 15) is 9.59 Å². The van der Waals surface area contributed by atoms with E-state index in [0.29, 0.717) is 29.4 Å². The first-order valence-electron chi connectivity index (χ1n) is 12.7. The number of ether oxygens (including phenoxy) is 2. The molecule has 0 N–H and O–H groups in total. The van der Waals surface area contributed by atoms with E-state index < -0.39 is 11.3 Å². The van der Waals surface area contributed by atoms with Gasteiger partial charge in [-0.25, -0.2) is 4.79 Å². The Morgan fingerprint density at radius 1 is 0.750 bits per heavy atom. The lowest BCUT2D eigenvalue weighted by Gasteiger charge is -2.12. The van der Waals surface area contributed by atoms with Gasteiger partial charge in [-0.3, -0.25) is 4.79 Å². The Morgan fingerprint density at radius 2 is 1.31 bits per heavy atom. The summed E-state index contributed by atoms with van der Waals surface area (Å²) in [5.41, 5.74) is 3.68. The molecule has 0 bridgehead atoms. The normalized spacial score (nSPS) is 11.8. The third kappa shape index (κ3) is 8.53. The van der Waals surface area contributed by atoms with Crippen molar-refractivity contribution < 1.29 is 19.1 Å². The zero-order valence-electron chi connectivity index (χ0n) is 21.3. The van der Waals surface area contributed by atoms with E-state index in [-0.39, 0.29) is 5.97 Å². The summed E-state index contributed by atoms with van der Waals surface area (Å²) in [5, 5.41) is -0.659. The second-order valence-corrected chi connectivity index (χ2v) is 9.99. The Balaban J connectivity index is 1.53. The van der Waals surface area contributed by atoms with E-state index in [1.807, 2.05) is 62.4 Å². The minimum absolute atomic E-state index is 0.315. The summed E-state index contributed by atoms with van der Waals surface area (Å²) in [6.45, 7) is 6.23. The van der Waals surface area contributed by atoms with Crippen LogP contribution in [-0.4, -0.2) is 17.3 Å². The van der Waals surface area contributed by atoms with Gasteiger partial charge in [0, 0.05) is 0 Å². The van der Waals surface area contributed by atoms with Crippen LogP contribution in [0.3, 0.4) is 0 Å². The lowest BCUT2D eigenvalue weighted by Crippen LogP contribution is -2.22. The first-order chi connectivity index (χ1) is 17.4. The molecule has 0 saturated heterocycles. The van der Waals surface area contributed by atoms with E-state index in [4.69, 9.17) is 21.1 Å². The maximum atomic E-state index is 12.5. The van der Waals surface area contributed by atoms with E-state index in [1.54, 1.807) is 24.3 Å². The van der Waals surface area contributed by atoms with Gasteiger partial charge in [0.25, 0.3) is 0 Å². The molecular weight excluding hydrogens is 472 g/mol. The molecule has 0 aliphatic rings. The Bertz CT molecular complexity index is 1100. The Labute approximate surface area is 219 Å². The van der Waals surface area contributed by atoms with Crippen molar-refractivity contribution in [2.75, 3.05) is 0 Å². The molecule has 0 radical (unpaired) electrons. The van der Waals surface area contributed by atoms with Crippen molar-refractivity contribution >= 4 is 23.5 Å². The van der Waals surface area contributed by atoms with Crippen molar-refractivity contribution in [1.82, 2.24) is 0 Å². The van der Waals surface area contributed by atoms with E-state index in [1.165, 1.54) is 31.2 Å². The van der Waals surface area contributed by atoms with Crippen LogP contribution in [0.2, 0.25) is 0 Å². The van der Waals surface area contributed by atoms with E-state index >= 15 is 0 Å². The van der Waals surface area contributed by atoms with Gasteiger partial charge in [0.15, 0.2) is 0 Å². The van der Waals surface area contributed by atoms with Gasteiger partial charge in [-0.1, -0.05) is 76.4 Å². The highest BCUT2D eigenvalue weighted by Crippen LogP contribution is 2.26. The number of rotatable bonds is 12. The van der Waals surface area contributed by atoms with Gasteiger partial charge in [-0.05, 0) is 78.3 Å². The number of aryl methyl sites for hydroxylation is 1. The minimum Gasteiger partial charge on any atom is -0.425 e. The van der Waals surface area contributed by atoms with Crippen LogP contribution in [-0.2, 0) is 11.2 Å². The third-order valence-electron chi connectivity index (χ3n) is 5.91. The predicted molar refractivity (Wildman–Crippen MR) is 146 cm³/mol. The first kappa shape index (κ1) is 27.5. The van der Waals surface area contributed by atoms with Gasteiger partial charge in [0.05, 0.1) is 5.56 Å². The lowest BCUT2D eigenvalue weighted by atomic mass is 10.0. The molecule has 0 aliphatic carbocycles. The van der Waals surface area contributed by atoms with Gasteiger partial charge in [-0.15, -0.1) is 11.6 Å². The Morgan fingerprint density at radius 3 is 1.83 bits per heavy atom. The molecule has 0 spiro atoms. The van der Waals surface area contributed by atoms with E-state index in [0.717, 1.165) is 17.5 Å². The zero-order chi connectivity index (χ0) is 25.9. The van der Waals surface area contributed by atoms with Crippen LogP contribution in [0.15, 0.2) is 72.8 Å². The number of alkyl halides is 1. The standard InChI is InChI=1S/C31H35ClO4/c1-4-5-6-7-8-23-9-11-26(12-10-23)30(33)35-27-17-13-24(14-18-27)25-15-19-28(20-16-25)36-31(34)29(32)21-22(2)3/h9-20,22,29H,4-8,21H2,1-3H3/t29-/m0/s1. The van der Waals surface area contributed by atoms with Crippen molar-refractivity contribution in [3.63, 3.8) is 0 Å². The summed E-state index contributed by atoms with van der Waals surface area (Å²) in [4.78, 5) is 24.7. The molecule has 3 rings (SSSR count). The Kier molecular flexibility index (Phi) is 10.6. The second kappa shape index (κ2) is 13.8. The summed E-state index contributed by atoms with van der Waals surface area (Å²) in [6, 6.07) is 22.2. The smallest absolute Gasteiger partial charge is 0.343 e. The van der Waals surface area contributed by atoms with Gasteiger partial charge in [0.2, 0.25) is 0 Å². The molecule has 3 aromatic rings. The molecule has 1 atom stereocenters. The van der Waals surface area contributed by atoms with Crippen LogP contribution in [0.1, 0.15) is 68.8 Å². The van der Waals surface area contributed by atoms with Gasteiger partial charge >= 0.3 is 11.9 Å². The van der Waals surface area contributed by atoms with Crippen LogP contribution >= 0.6 is 11.6 Å². The number of hydrogen-bond donors (Lipinski definition) is 0. The summed E-state index contributed by atoms with van der Waals surface area (Å²) in [6.07, 6.45) is 6.50. The van der Waals surface area contributed by atoms with Crippen LogP contribution in [0.5, 0.6) is 11.5 Å². The van der Waals surface area contributed by atoms with Gasteiger partial charge in [0.1, 0.15) is 16.9 Å². The number of benzene rings is 3. The quantitative estimate of drug-likeness (QED) is 0.107. The van der Waals surface area contributed by atoms with E-state index in [2.05, 4.69) is 6.92 Å². The monoisotopic (exact) mass is 506 g/mol. The van der Waals surface area contributed by atoms with Crippen molar-refractivity contribution in [1.29, 1.82) is 0 Å². The average molecular weight is 507 g/mol. The fourth-order valence-electron chi connectivity index (χ4n) is 3.85. The van der Waals surface area contributed by atoms with Crippen molar-refractivity contribution in [3.8, 4) is 22.6 Å². The van der Waals surface area contributed by atoms with Crippen molar-refractivity contribution in [2.24, 2.45) is 5.92 Å². The van der Waals surface area contributed by atoms with Crippen molar-refractivity contribution in [2.45, 2.75) is 64.7 Å². The van der Waals surface area contributed by atoms with Gasteiger partial charge < -0.3 is 9.47 Å². The highest BCUT2D eigenvalue weighted by Gasteiger charge is 2.19. The maximum absolute atomic E-state index is 12.5. The molecule has 0 saturated carbocycles. The molecule has 0 amide bonds. The molecule has 0 aliphatic heterocycles. The SMILES string of the molecule is CCCCCCc1ccc(C(=O)Oc2ccc(-c3ccc(OC(=O)[C@@H](Cl)CC(C)C)cc3)cc2)cc1. The molecule has 3 aromatic carbocycles. The molecule has 0 unspecified atom stereocenters. The van der Waals surface area contributed by atoms with Crippen LogP contribution < -0.4 is 9.47 Å². The topological polar surface area (TPSA) is 52.6 Å². The van der Waals surface area contributed by atoms with Crippen LogP contribution in [0.4, 0.5) is 0 Å². The van der Waals surface area contributed by atoms with Crippen LogP contribution in [0, 0.1) is 5.92 Å². The average Bonchev–Trinajstić information content (AvgIpc) is 2.87. The molecule has 190 valence electrons. The lowest BCUT2D eigenvalue weighted by molar-refractivity contribution is -0.134. The zero-order valence-corrected chi connectivity index (χ0v) is 22.1. The highest BCUT2D eigenvalue weighted by molar-refractivity contribution is 6.30. The second-order valence-electron chi connectivity index (χ2n) is 9.46. The molecule has 0 heterocycles. The minimum atomic E-state index is -0.659. The third-order valence-corrected chi connectivity index (χ3v) is 6.27. The van der Waals surface area contributed by atoms with Crippen LogP contribution in [0.25, 0.3) is 11.1 Å². The largest absolute Gasteiger partial charge is 0.425 e. The number of halogens is 1. The van der Waals surface area contributed by atoms with Gasteiger partial charge in [-0.2, -0.15) is 0 Å². The molecule has 5 heteroatoms. The predicted octanol–water partition coefficient (Wildman–Crippen LogP) is 8.25. The summed E-state index contributed by atoms with van der Waals surface area (Å²) in [7, 11) is 0. The highest BCUT2D eigenvalue weighted by atomic mass is 35.5. The number of esters is 2.